The maximum absolute atomic E-state index is 6.16. The number of anilines is 1. The molecule has 0 amide bonds. The Labute approximate surface area is 193 Å². The van der Waals surface area contributed by atoms with Gasteiger partial charge in [0.1, 0.15) is 0 Å². The maximum atomic E-state index is 6.16. The van der Waals surface area contributed by atoms with Gasteiger partial charge in [-0.15, -0.1) is 0 Å². The van der Waals surface area contributed by atoms with Crippen molar-refractivity contribution in [2.75, 3.05) is 37.6 Å². The number of aromatic nitrogens is 4. The topological polar surface area (TPSA) is 50.1 Å². The highest BCUT2D eigenvalue weighted by Crippen LogP contribution is 2.27. The summed E-state index contributed by atoms with van der Waals surface area (Å²) >= 11 is 12.2. The first kappa shape index (κ1) is 21.8. The van der Waals surface area contributed by atoms with Crippen molar-refractivity contribution in [2.24, 2.45) is 0 Å². The normalized spacial score (nSPS) is 15.2. The summed E-state index contributed by atoms with van der Waals surface area (Å²) in [6.45, 7) is 10.8. The molecule has 0 radical (unpaired) electrons. The number of aryl methyl sites for hydroxylation is 2. The molecular formula is C23H26Cl2N6. The third kappa shape index (κ3) is 5.09. The molecule has 1 aromatic carbocycles. The summed E-state index contributed by atoms with van der Waals surface area (Å²) in [5.74, 6) is 0.619. The van der Waals surface area contributed by atoms with E-state index < -0.39 is 0 Å². The fraction of sp³-hybridized carbons (Fsp3) is 0.348. The molecule has 0 unspecified atom stereocenters. The van der Waals surface area contributed by atoms with Crippen molar-refractivity contribution in [3.63, 3.8) is 0 Å². The summed E-state index contributed by atoms with van der Waals surface area (Å²) in [6.07, 6.45) is 6.20. The van der Waals surface area contributed by atoms with Crippen LogP contribution in [-0.2, 0) is 0 Å². The van der Waals surface area contributed by atoms with Crippen LogP contribution >= 0.6 is 23.2 Å². The average Bonchev–Trinajstić information content (AvgIpc) is 3.10. The van der Waals surface area contributed by atoms with Crippen molar-refractivity contribution in [1.82, 2.24) is 24.6 Å². The quantitative estimate of drug-likeness (QED) is 0.555. The minimum atomic E-state index is 0.594. The van der Waals surface area contributed by atoms with E-state index in [2.05, 4.69) is 37.0 Å². The number of halogens is 2. The lowest BCUT2D eigenvalue weighted by atomic mass is 10.2. The third-order valence-corrected chi connectivity index (χ3v) is 6.25. The lowest BCUT2D eigenvalue weighted by Gasteiger charge is -2.35. The SMILES string of the molecule is Cc1cc(C)nc(-n2ncc(C=CCN3CCN(c4ccc(Cl)c(Cl)c4)CC3)c2C)n1. The molecule has 0 spiro atoms. The highest BCUT2D eigenvalue weighted by molar-refractivity contribution is 6.42. The number of hydrogen-bond acceptors (Lipinski definition) is 5. The van der Waals surface area contributed by atoms with Crippen LogP contribution in [0.5, 0.6) is 0 Å². The molecule has 4 rings (SSSR count). The van der Waals surface area contributed by atoms with Crippen LogP contribution in [0.25, 0.3) is 12.0 Å². The Hall–Kier alpha value is -2.41. The summed E-state index contributed by atoms with van der Waals surface area (Å²) in [5.41, 5.74) is 5.12. The lowest BCUT2D eigenvalue weighted by Crippen LogP contribution is -2.46. The van der Waals surface area contributed by atoms with E-state index in [-0.39, 0.29) is 0 Å². The van der Waals surface area contributed by atoms with E-state index in [1.165, 1.54) is 0 Å². The van der Waals surface area contributed by atoms with E-state index in [0.717, 1.165) is 61.1 Å². The third-order valence-electron chi connectivity index (χ3n) is 5.51. The number of piperazine rings is 1. The molecule has 3 aromatic rings. The Morgan fingerprint density at radius 2 is 1.65 bits per heavy atom. The van der Waals surface area contributed by atoms with Crippen LogP contribution < -0.4 is 4.90 Å². The van der Waals surface area contributed by atoms with Crippen molar-refractivity contribution in [3.05, 3.63) is 69.2 Å². The Morgan fingerprint density at radius 1 is 0.935 bits per heavy atom. The zero-order valence-electron chi connectivity index (χ0n) is 18.0. The maximum Gasteiger partial charge on any atom is 0.251 e. The van der Waals surface area contributed by atoms with Crippen molar-refractivity contribution >= 4 is 35.0 Å². The summed E-state index contributed by atoms with van der Waals surface area (Å²) < 4.78 is 1.80. The van der Waals surface area contributed by atoms with Gasteiger partial charge in [-0.3, -0.25) is 4.90 Å². The predicted molar refractivity (Wildman–Crippen MR) is 128 cm³/mol. The zero-order valence-corrected chi connectivity index (χ0v) is 19.5. The second-order valence-electron chi connectivity index (χ2n) is 7.84. The van der Waals surface area contributed by atoms with Gasteiger partial charge in [0.15, 0.2) is 0 Å². The van der Waals surface area contributed by atoms with Crippen LogP contribution in [0.15, 0.2) is 36.5 Å². The summed E-state index contributed by atoms with van der Waals surface area (Å²) in [7, 11) is 0. The highest BCUT2D eigenvalue weighted by atomic mass is 35.5. The molecule has 6 nitrogen and oxygen atoms in total. The monoisotopic (exact) mass is 456 g/mol. The van der Waals surface area contributed by atoms with Gasteiger partial charge < -0.3 is 4.90 Å². The standard InChI is InChI=1S/C23H26Cl2N6/c1-16-13-17(2)28-23(27-16)31-18(3)19(15-26-31)5-4-8-29-9-11-30(12-10-29)20-6-7-21(24)22(25)14-20/h4-7,13-15H,8-12H2,1-3H3. The predicted octanol–water partition coefficient (Wildman–Crippen LogP) is 4.73. The van der Waals surface area contributed by atoms with Gasteiger partial charge in [0, 0.05) is 55.4 Å². The molecule has 3 heterocycles. The number of rotatable bonds is 5. The van der Waals surface area contributed by atoms with Crippen LogP contribution in [0.3, 0.4) is 0 Å². The molecule has 1 aliphatic heterocycles. The second-order valence-corrected chi connectivity index (χ2v) is 8.65. The Balaban J connectivity index is 1.34. The molecule has 0 atom stereocenters. The first-order valence-corrected chi connectivity index (χ1v) is 11.1. The zero-order chi connectivity index (χ0) is 22.0. The minimum Gasteiger partial charge on any atom is -0.369 e. The average molecular weight is 457 g/mol. The summed E-state index contributed by atoms with van der Waals surface area (Å²) in [5, 5.41) is 5.69. The van der Waals surface area contributed by atoms with Crippen LogP contribution in [-0.4, -0.2) is 57.4 Å². The Morgan fingerprint density at radius 3 is 2.32 bits per heavy atom. The van der Waals surface area contributed by atoms with E-state index >= 15 is 0 Å². The fourth-order valence-corrected chi connectivity index (χ4v) is 4.08. The largest absolute Gasteiger partial charge is 0.369 e. The van der Waals surface area contributed by atoms with Crippen LogP contribution in [0.1, 0.15) is 22.6 Å². The molecule has 1 fully saturated rings. The number of nitrogens with zero attached hydrogens (tertiary/aromatic N) is 6. The molecule has 31 heavy (non-hydrogen) atoms. The lowest BCUT2D eigenvalue weighted by molar-refractivity contribution is 0.284. The van der Waals surface area contributed by atoms with E-state index in [9.17, 15) is 0 Å². The molecule has 1 aliphatic rings. The second kappa shape index (κ2) is 9.39. The van der Waals surface area contributed by atoms with E-state index in [1.807, 2.05) is 51.2 Å². The summed E-state index contributed by atoms with van der Waals surface area (Å²) in [6, 6.07) is 7.80. The van der Waals surface area contributed by atoms with E-state index in [4.69, 9.17) is 23.2 Å². The molecule has 0 aliphatic carbocycles. The van der Waals surface area contributed by atoms with Crippen molar-refractivity contribution in [2.45, 2.75) is 20.8 Å². The Kier molecular flexibility index (Phi) is 6.60. The van der Waals surface area contributed by atoms with E-state index in [0.29, 0.717) is 16.0 Å². The first-order valence-electron chi connectivity index (χ1n) is 10.4. The van der Waals surface area contributed by atoms with Gasteiger partial charge in [0.25, 0.3) is 5.95 Å². The van der Waals surface area contributed by atoms with Crippen LogP contribution in [0.4, 0.5) is 5.69 Å². The van der Waals surface area contributed by atoms with Gasteiger partial charge in [-0.2, -0.15) is 5.10 Å². The van der Waals surface area contributed by atoms with Gasteiger partial charge in [-0.05, 0) is 45.0 Å². The van der Waals surface area contributed by atoms with Gasteiger partial charge in [-0.25, -0.2) is 14.6 Å². The van der Waals surface area contributed by atoms with Gasteiger partial charge in [0.05, 0.1) is 21.9 Å². The number of benzene rings is 1. The smallest absolute Gasteiger partial charge is 0.251 e. The Bertz CT molecular complexity index is 1080. The first-order chi connectivity index (χ1) is 14.9. The van der Waals surface area contributed by atoms with Gasteiger partial charge >= 0.3 is 0 Å². The van der Waals surface area contributed by atoms with Crippen LogP contribution in [0.2, 0.25) is 10.0 Å². The fourth-order valence-electron chi connectivity index (χ4n) is 3.79. The molecule has 2 aromatic heterocycles. The minimum absolute atomic E-state index is 0.594. The molecule has 0 bridgehead atoms. The molecule has 162 valence electrons. The number of hydrogen-bond donors (Lipinski definition) is 0. The molecule has 0 N–H and O–H groups in total. The van der Waals surface area contributed by atoms with E-state index in [1.54, 1.807) is 4.68 Å². The molecular weight excluding hydrogens is 431 g/mol. The highest BCUT2D eigenvalue weighted by Gasteiger charge is 2.17. The molecule has 1 saturated heterocycles. The van der Waals surface area contributed by atoms with Crippen molar-refractivity contribution < 1.29 is 0 Å². The van der Waals surface area contributed by atoms with Gasteiger partial charge in [-0.1, -0.05) is 35.4 Å². The molecule has 8 heteroatoms. The summed E-state index contributed by atoms with van der Waals surface area (Å²) in [4.78, 5) is 13.8. The van der Waals surface area contributed by atoms with Crippen LogP contribution in [0, 0.1) is 20.8 Å². The van der Waals surface area contributed by atoms with Crippen molar-refractivity contribution in [3.8, 4) is 5.95 Å². The van der Waals surface area contributed by atoms with Gasteiger partial charge in [0.2, 0.25) is 0 Å². The van der Waals surface area contributed by atoms with Crippen molar-refractivity contribution in [1.29, 1.82) is 0 Å². The molecule has 0 saturated carbocycles.